The Bertz CT molecular complexity index is 650. The van der Waals surface area contributed by atoms with Gasteiger partial charge in [0.2, 0.25) is 0 Å². The van der Waals surface area contributed by atoms with Gasteiger partial charge in [-0.15, -0.1) is 0 Å². The maximum Gasteiger partial charge on any atom is 0.261 e. The summed E-state index contributed by atoms with van der Waals surface area (Å²) in [7, 11) is 1.53. The molecule has 24 heavy (non-hydrogen) atoms. The topological polar surface area (TPSA) is 68.2 Å². The van der Waals surface area contributed by atoms with Crippen molar-refractivity contribution < 1.29 is 28.5 Å². The van der Waals surface area contributed by atoms with Crippen LogP contribution in [0, 0.1) is 12.7 Å². The first-order chi connectivity index (χ1) is 11.4. The van der Waals surface area contributed by atoms with Crippen LogP contribution in [0.1, 0.15) is 29.3 Å². The number of amides is 1. The highest BCUT2D eigenvalue weighted by Gasteiger charge is 2.41. The molecule has 7 heteroatoms. The van der Waals surface area contributed by atoms with E-state index in [0.29, 0.717) is 17.7 Å². The molecular formula is C17H22FNO5. The maximum absolute atomic E-state index is 14.7. The molecule has 3 rings (SSSR count). The van der Waals surface area contributed by atoms with Gasteiger partial charge in [-0.25, -0.2) is 4.39 Å². The lowest BCUT2D eigenvalue weighted by Gasteiger charge is -2.22. The van der Waals surface area contributed by atoms with Crippen molar-refractivity contribution in [3.8, 4) is 11.5 Å². The van der Waals surface area contributed by atoms with Crippen molar-refractivity contribution in [3.63, 3.8) is 0 Å². The Morgan fingerprint density at radius 2 is 2.29 bits per heavy atom. The molecule has 6 nitrogen and oxygen atoms in total. The van der Waals surface area contributed by atoms with Crippen LogP contribution >= 0.6 is 0 Å². The molecule has 0 aromatic heterocycles. The van der Waals surface area contributed by atoms with E-state index in [9.17, 15) is 14.3 Å². The van der Waals surface area contributed by atoms with E-state index in [2.05, 4.69) is 0 Å². The minimum absolute atomic E-state index is 0.0812. The third-order valence-electron chi connectivity index (χ3n) is 4.39. The molecule has 1 N–H and O–H groups in total. The number of carbonyl (C=O) groups is 1. The van der Waals surface area contributed by atoms with Crippen molar-refractivity contribution in [2.45, 2.75) is 38.5 Å². The molecule has 1 fully saturated rings. The zero-order valence-electron chi connectivity index (χ0n) is 14.0. The lowest BCUT2D eigenvalue weighted by molar-refractivity contribution is 0.0687. The van der Waals surface area contributed by atoms with Crippen molar-refractivity contribution in [3.05, 3.63) is 23.0 Å². The molecule has 0 unspecified atom stereocenters. The van der Waals surface area contributed by atoms with E-state index < -0.39 is 18.0 Å². The van der Waals surface area contributed by atoms with E-state index in [0.717, 1.165) is 0 Å². The number of hydrogen-bond donors (Lipinski definition) is 1. The van der Waals surface area contributed by atoms with Crippen LogP contribution in [-0.2, 0) is 4.74 Å². The van der Waals surface area contributed by atoms with E-state index >= 15 is 0 Å². The summed E-state index contributed by atoms with van der Waals surface area (Å²) < 4.78 is 31.1. The van der Waals surface area contributed by atoms with Crippen molar-refractivity contribution in [1.29, 1.82) is 0 Å². The lowest BCUT2D eigenvalue weighted by atomic mass is 10.1. The summed E-state index contributed by atoms with van der Waals surface area (Å²) in [5, 5.41) is 9.83. The number of aliphatic hydroxyl groups excluding tert-OH is 1. The number of hydrogen-bond acceptors (Lipinski definition) is 5. The fourth-order valence-electron chi connectivity index (χ4n) is 3.26. The molecule has 1 amide bonds. The largest absolute Gasteiger partial charge is 0.490 e. The third-order valence-corrected chi connectivity index (χ3v) is 4.39. The second kappa shape index (κ2) is 6.57. The van der Waals surface area contributed by atoms with Gasteiger partial charge in [-0.2, -0.15) is 0 Å². The van der Waals surface area contributed by atoms with E-state index in [1.54, 1.807) is 18.7 Å². The number of fused-ring (bicyclic) bond motifs is 2. The summed E-state index contributed by atoms with van der Waals surface area (Å²) in [5.41, 5.74) is 0.431. The predicted molar refractivity (Wildman–Crippen MR) is 84.0 cm³/mol. The molecule has 1 saturated heterocycles. The van der Waals surface area contributed by atoms with Crippen LogP contribution in [-0.4, -0.2) is 61.0 Å². The van der Waals surface area contributed by atoms with Gasteiger partial charge in [0.25, 0.3) is 5.91 Å². The lowest BCUT2D eigenvalue weighted by Crippen LogP contribution is -2.37. The average Bonchev–Trinajstić information content (AvgIpc) is 2.85. The van der Waals surface area contributed by atoms with Gasteiger partial charge >= 0.3 is 0 Å². The Hall–Kier alpha value is -1.86. The Morgan fingerprint density at radius 3 is 3.00 bits per heavy atom. The van der Waals surface area contributed by atoms with Gasteiger partial charge < -0.3 is 24.2 Å². The van der Waals surface area contributed by atoms with E-state index in [1.165, 1.54) is 13.2 Å². The Labute approximate surface area is 140 Å². The van der Waals surface area contributed by atoms with Crippen LogP contribution in [0.15, 0.2) is 6.07 Å². The molecule has 2 heterocycles. The molecule has 3 atom stereocenters. The quantitative estimate of drug-likeness (QED) is 0.901. The standard InChI is InChI=1S/C17H22FNO5/c1-9-4-13-14(16(15(9)18)24-10(2)7-22-3)17(21)19-6-12(20)5-11(19)8-23-13/h4,10-12,20H,5-8H2,1-3H3/t10-,11+,12-/m0/s1. The van der Waals surface area contributed by atoms with E-state index in [-0.39, 0.29) is 43.0 Å². The van der Waals surface area contributed by atoms with Crippen molar-refractivity contribution in [2.75, 3.05) is 26.9 Å². The second-order valence-corrected chi connectivity index (χ2v) is 6.41. The van der Waals surface area contributed by atoms with Gasteiger partial charge in [0.15, 0.2) is 11.6 Å². The molecule has 2 aliphatic rings. The van der Waals surface area contributed by atoms with Crippen LogP contribution in [0.5, 0.6) is 11.5 Å². The van der Waals surface area contributed by atoms with Crippen LogP contribution in [0.25, 0.3) is 0 Å². The molecule has 2 aliphatic heterocycles. The normalized spacial score (nSPS) is 24.0. The summed E-state index contributed by atoms with van der Waals surface area (Å²) in [6, 6.07) is 1.31. The molecule has 1 aromatic carbocycles. The maximum atomic E-state index is 14.7. The molecule has 0 bridgehead atoms. The molecular weight excluding hydrogens is 317 g/mol. The second-order valence-electron chi connectivity index (χ2n) is 6.41. The first-order valence-electron chi connectivity index (χ1n) is 8.02. The number of aliphatic hydroxyl groups is 1. The number of aryl methyl sites for hydroxylation is 1. The number of ether oxygens (including phenoxy) is 3. The molecule has 0 radical (unpaired) electrons. The summed E-state index contributed by atoms with van der Waals surface area (Å²) in [6.45, 7) is 4.10. The van der Waals surface area contributed by atoms with Gasteiger partial charge in [-0.1, -0.05) is 0 Å². The summed E-state index contributed by atoms with van der Waals surface area (Å²) in [4.78, 5) is 14.5. The van der Waals surface area contributed by atoms with Gasteiger partial charge in [-0.3, -0.25) is 4.79 Å². The average molecular weight is 339 g/mol. The molecule has 0 aliphatic carbocycles. The zero-order chi connectivity index (χ0) is 17.4. The number of nitrogens with zero attached hydrogens (tertiary/aromatic N) is 1. The SMILES string of the molecule is COC[C@H](C)Oc1c(F)c(C)cc2c1C(=O)N1C[C@@H](O)C[C@@H]1CO2. The Balaban J connectivity index is 2.04. The Morgan fingerprint density at radius 1 is 1.54 bits per heavy atom. The summed E-state index contributed by atoms with van der Waals surface area (Å²) in [6.07, 6.45) is -0.556. The minimum Gasteiger partial charge on any atom is -0.490 e. The fourth-order valence-corrected chi connectivity index (χ4v) is 3.26. The molecule has 1 aromatic rings. The number of methoxy groups -OCH3 is 1. The first kappa shape index (κ1) is 17.0. The molecule has 0 spiro atoms. The van der Waals surface area contributed by atoms with Crippen molar-refractivity contribution in [2.24, 2.45) is 0 Å². The highest BCUT2D eigenvalue weighted by Crippen LogP contribution is 2.39. The van der Waals surface area contributed by atoms with Gasteiger partial charge in [0.05, 0.1) is 18.8 Å². The first-order valence-corrected chi connectivity index (χ1v) is 8.02. The number of rotatable bonds is 4. The van der Waals surface area contributed by atoms with E-state index in [4.69, 9.17) is 14.2 Å². The fraction of sp³-hybridized carbons (Fsp3) is 0.588. The van der Waals surface area contributed by atoms with Gasteiger partial charge in [0, 0.05) is 13.7 Å². The highest BCUT2D eigenvalue weighted by atomic mass is 19.1. The van der Waals surface area contributed by atoms with Crippen molar-refractivity contribution in [1.82, 2.24) is 4.90 Å². The zero-order valence-corrected chi connectivity index (χ0v) is 14.0. The van der Waals surface area contributed by atoms with Crippen LogP contribution in [0.2, 0.25) is 0 Å². The smallest absolute Gasteiger partial charge is 0.261 e. The van der Waals surface area contributed by atoms with Crippen LogP contribution in [0.3, 0.4) is 0 Å². The Kier molecular flexibility index (Phi) is 4.64. The molecule has 0 saturated carbocycles. The third kappa shape index (κ3) is 2.93. The van der Waals surface area contributed by atoms with E-state index in [1.807, 2.05) is 0 Å². The monoisotopic (exact) mass is 339 g/mol. The number of halogens is 1. The van der Waals surface area contributed by atoms with Crippen LogP contribution in [0.4, 0.5) is 4.39 Å². The highest BCUT2D eigenvalue weighted by molar-refractivity contribution is 6.00. The van der Waals surface area contributed by atoms with Gasteiger partial charge in [-0.05, 0) is 31.9 Å². The minimum atomic E-state index is -0.587. The summed E-state index contributed by atoms with van der Waals surface area (Å²) >= 11 is 0. The van der Waals surface area contributed by atoms with Gasteiger partial charge in [0.1, 0.15) is 24.0 Å². The number of carbonyl (C=O) groups excluding carboxylic acids is 1. The molecule has 132 valence electrons. The van der Waals surface area contributed by atoms with Crippen molar-refractivity contribution >= 4 is 5.91 Å². The number of benzene rings is 1. The summed E-state index contributed by atoms with van der Waals surface area (Å²) in [5.74, 6) is -0.738. The predicted octanol–water partition coefficient (Wildman–Crippen LogP) is 1.52. The van der Waals surface area contributed by atoms with Crippen LogP contribution < -0.4 is 9.47 Å².